The number of aliphatic imine (C=N–C) groups is 1. The van der Waals surface area contributed by atoms with Gasteiger partial charge in [-0.3, -0.25) is 0 Å². The third-order valence-electron chi connectivity index (χ3n) is 3.71. The molecule has 1 saturated heterocycles. The monoisotopic (exact) mass is 284 g/mol. The second-order valence-corrected chi connectivity index (χ2v) is 5.07. The van der Waals surface area contributed by atoms with E-state index in [2.05, 4.69) is 10.3 Å². The Balaban J connectivity index is 1.87. The average Bonchev–Trinajstić information content (AvgIpc) is 3.09. The molecule has 0 aliphatic carbocycles. The van der Waals surface area contributed by atoms with Crippen LogP contribution in [0.3, 0.4) is 0 Å². The molecule has 0 spiro atoms. The molecule has 0 bridgehead atoms. The molecule has 2 atom stereocenters. The third kappa shape index (κ3) is 2.52. The van der Waals surface area contributed by atoms with Crippen LogP contribution in [0.1, 0.15) is 23.6 Å². The van der Waals surface area contributed by atoms with Crippen molar-refractivity contribution >= 4 is 5.90 Å². The zero-order valence-electron chi connectivity index (χ0n) is 10.8. The van der Waals surface area contributed by atoms with Crippen molar-refractivity contribution in [3.63, 3.8) is 0 Å². The molecule has 1 aromatic carbocycles. The van der Waals surface area contributed by atoms with Crippen LogP contribution in [0.2, 0.25) is 0 Å². The van der Waals surface area contributed by atoms with Gasteiger partial charge in [-0.1, -0.05) is 18.2 Å². The number of rotatable bonds is 2. The summed E-state index contributed by atoms with van der Waals surface area (Å²) in [4.78, 5) is 4.37. The predicted molar refractivity (Wildman–Crippen MR) is 68.5 cm³/mol. The quantitative estimate of drug-likeness (QED) is 0.906. The van der Waals surface area contributed by atoms with Crippen LogP contribution >= 0.6 is 0 Å². The second-order valence-electron chi connectivity index (χ2n) is 5.07. The molecule has 2 heterocycles. The summed E-state index contributed by atoms with van der Waals surface area (Å²) in [5.41, 5.74) is -0.427. The van der Waals surface area contributed by atoms with Gasteiger partial charge in [0.2, 0.25) is 0 Å². The summed E-state index contributed by atoms with van der Waals surface area (Å²) in [5.74, 6) is 0.787. The fourth-order valence-electron chi connectivity index (χ4n) is 2.69. The Bertz CT molecular complexity index is 521. The summed E-state index contributed by atoms with van der Waals surface area (Å²) in [6.07, 6.45) is -3.43. The zero-order chi connectivity index (χ0) is 14.2. The molecule has 108 valence electrons. The van der Waals surface area contributed by atoms with Crippen molar-refractivity contribution in [3.8, 4) is 0 Å². The summed E-state index contributed by atoms with van der Waals surface area (Å²) < 4.78 is 44.5. The van der Waals surface area contributed by atoms with Gasteiger partial charge in [-0.05, 0) is 24.6 Å². The normalized spacial score (nSPS) is 26.4. The summed E-state index contributed by atoms with van der Waals surface area (Å²) >= 11 is 0. The van der Waals surface area contributed by atoms with Crippen LogP contribution in [0.5, 0.6) is 0 Å². The van der Waals surface area contributed by atoms with Crippen LogP contribution < -0.4 is 5.32 Å². The SMILES string of the molecule is FC(F)(F)c1ccccc1C1COC(C2CCNC2)=N1. The highest BCUT2D eigenvalue weighted by atomic mass is 19.4. The van der Waals surface area contributed by atoms with Crippen LogP contribution in [0.25, 0.3) is 0 Å². The molecule has 1 aromatic rings. The molecule has 3 rings (SSSR count). The van der Waals surface area contributed by atoms with E-state index in [1.807, 2.05) is 0 Å². The molecular formula is C14H15F3N2O. The Morgan fingerprint density at radius 3 is 2.75 bits per heavy atom. The lowest BCUT2D eigenvalue weighted by Gasteiger charge is -2.14. The molecule has 0 saturated carbocycles. The average molecular weight is 284 g/mol. The van der Waals surface area contributed by atoms with Gasteiger partial charge >= 0.3 is 6.18 Å². The largest absolute Gasteiger partial charge is 0.478 e. The lowest BCUT2D eigenvalue weighted by atomic mass is 10.0. The first-order valence-electron chi connectivity index (χ1n) is 6.63. The van der Waals surface area contributed by atoms with Crippen LogP contribution in [-0.2, 0) is 10.9 Å². The first-order chi connectivity index (χ1) is 9.55. The molecule has 1 N–H and O–H groups in total. The summed E-state index contributed by atoms with van der Waals surface area (Å²) in [5, 5.41) is 3.20. The summed E-state index contributed by atoms with van der Waals surface area (Å²) in [6, 6.07) is 5.03. The fourth-order valence-corrected chi connectivity index (χ4v) is 2.69. The number of alkyl halides is 3. The summed E-state index contributed by atoms with van der Waals surface area (Å²) in [7, 11) is 0. The van der Waals surface area contributed by atoms with Crippen molar-refractivity contribution < 1.29 is 17.9 Å². The number of ether oxygens (including phenoxy) is 1. The van der Waals surface area contributed by atoms with E-state index in [4.69, 9.17) is 4.74 Å². The van der Waals surface area contributed by atoms with Gasteiger partial charge in [0.05, 0.1) is 5.56 Å². The molecule has 0 amide bonds. The Morgan fingerprint density at radius 2 is 2.05 bits per heavy atom. The predicted octanol–water partition coefficient (Wildman–Crippen LogP) is 2.78. The highest BCUT2D eigenvalue weighted by Crippen LogP contribution is 2.37. The number of nitrogens with zero attached hydrogens (tertiary/aromatic N) is 1. The maximum Gasteiger partial charge on any atom is 0.416 e. The van der Waals surface area contributed by atoms with Crippen LogP contribution in [0.15, 0.2) is 29.3 Å². The molecule has 0 radical (unpaired) electrons. The Labute approximate surface area is 114 Å². The minimum absolute atomic E-state index is 0.193. The minimum atomic E-state index is -4.36. The molecule has 0 aromatic heterocycles. The number of hydrogen-bond acceptors (Lipinski definition) is 3. The first-order valence-corrected chi connectivity index (χ1v) is 6.63. The maximum absolute atomic E-state index is 13.0. The van der Waals surface area contributed by atoms with Gasteiger partial charge in [0.25, 0.3) is 0 Å². The van der Waals surface area contributed by atoms with Gasteiger partial charge < -0.3 is 10.1 Å². The van der Waals surface area contributed by atoms with Gasteiger partial charge in [0.15, 0.2) is 5.90 Å². The highest BCUT2D eigenvalue weighted by Gasteiger charge is 2.37. The topological polar surface area (TPSA) is 33.6 Å². The summed E-state index contributed by atoms with van der Waals surface area (Å²) in [6.45, 7) is 1.88. The van der Waals surface area contributed by atoms with Gasteiger partial charge in [-0.25, -0.2) is 4.99 Å². The lowest BCUT2D eigenvalue weighted by molar-refractivity contribution is -0.138. The van der Waals surface area contributed by atoms with Crippen LogP contribution in [-0.4, -0.2) is 25.6 Å². The molecule has 6 heteroatoms. The van der Waals surface area contributed by atoms with Crippen molar-refractivity contribution in [2.75, 3.05) is 19.7 Å². The zero-order valence-corrected chi connectivity index (χ0v) is 10.8. The third-order valence-corrected chi connectivity index (χ3v) is 3.71. The Kier molecular flexibility index (Phi) is 3.41. The highest BCUT2D eigenvalue weighted by molar-refractivity contribution is 5.81. The molecule has 1 fully saturated rings. The van der Waals surface area contributed by atoms with E-state index in [1.54, 1.807) is 6.07 Å². The number of hydrogen-bond donors (Lipinski definition) is 1. The van der Waals surface area contributed by atoms with Crippen molar-refractivity contribution in [1.82, 2.24) is 5.32 Å². The fraction of sp³-hybridized carbons (Fsp3) is 0.500. The van der Waals surface area contributed by atoms with E-state index in [0.29, 0.717) is 5.90 Å². The van der Waals surface area contributed by atoms with E-state index in [0.717, 1.165) is 25.6 Å². The maximum atomic E-state index is 13.0. The standard InChI is InChI=1S/C14H15F3N2O/c15-14(16,17)11-4-2-1-3-10(11)12-8-20-13(19-12)9-5-6-18-7-9/h1-4,9,12,18H,5-8H2. The second kappa shape index (κ2) is 5.09. The molecule has 3 nitrogen and oxygen atoms in total. The van der Waals surface area contributed by atoms with Crippen molar-refractivity contribution in [3.05, 3.63) is 35.4 Å². The molecule has 20 heavy (non-hydrogen) atoms. The van der Waals surface area contributed by atoms with E-state index in [-0.39, 0.29) is 18.1 Å². The Hall–Kier alpha value is -1.56. The molecule has 2 aliphatic rings. The number of benzene rings is 1. The van der Waals surface area contributed by atoms with Gasteiger partial charge in [-0.2, -0.15) is 13.2 Å². The van der Waals surface area contributed by atoms with Crippen molar-refractivity contribution in [2.24, 2.45) is 10.9 Å². The minimum Gasteiger partial charge on any atom is -0.478 e. The number of nitrogens with one attached hydrogen (secondary N) is 1. The Morgan fingerprint density at radius 1 is 1.25 bits per heavy atom. The van der Waals surface area contributed by atoms with Gasteiger partial charge in [0, 0.05) is 12.5 Å². The lowest BCUT2D eigenvalue weighted by Crippen LogP contribution is -2.17. The number of halogens is 3. The van der Waals surface area contributed by atoms with Crippen molar-refractivity contribution in [2.45, 2.75) is 18.6 Å². The van der Waals surface area contributed by atoms with E-state index >= 15 is 0 Å². The van der Waals surface area contributed by atoms with Gasteiger partial charge in [0.1, 0.15) is 12.6 Å². The van der Waals surface area contributed by atoms with E-state index < -0.39 is 17.8 Å². The molecule has 2 unspecified atom stereocenters. The first kappa shape index (κ1) is 13.4. The van der Waals surface area contributed by atoms with Crippen LogP contribution in [0, 0.1) is 5.92 Å². The van der Waals surface area contributed by atoms with Crippen LogP contribution in [0.4, 0.5) is 13.2 Å². The molecular weight excluding hydrogens is 269 g/mol. The van der Waals surface area contributed by atoms with E-state index in [1.165, 1.54) is 12.1 Å². The van der Waals surface area contributed by atoms with Crippen molar-refractivity contribution in [1.29, 1.82) is 0 Å². The van der Waals surface area contributed by atoms with E-state index in [9.17, 15) is 13.2 Å². The smallest absolute Gasteiger partial charge is 0.416 e. The van der Waals surface area contributed by atoms with Gasteiger partial charge in [-0.15, -0.1) is 0 Å². The molecule has 2 aliphatic heterocycles.